The van der Waals surface area contributed by atoms with Gasteiger partial charge in [-0.05, 0) is 12.8 Å². The predicted molar refractivity (Wildman–Crippen MR) is 66.6 cm³/mol. The fraction of sp³-hybridized carbons (Fsp3) is 1.00. The molecule has 0 aliphatic carbocycles. The number of nitrogens with zero attached hydrogens (tertiary/aromatic N) is 1. The number of ether oxygens (including phenoxy) is 1. The minimum absolute atomic E-state index is 0.128. The minimum Gasteiger partial charge on any atom is -0.371 e. The van der Waals surface area contributed by atoms with Crippen molar-refractivity contribution in [2.75, 3.05) is 31.6 Å². The van der Waals surface area contributed by atoms with Crippen molar-refractivity contribution in [3.8, 4) is 0 Å². The van der Waals surface area contributed by atoms with E-state index < -0.39 is 12.8 Å². The highest BCUT2D eigenvalue weighted by atomic mass is 79.9. The summed E-state index contributed by atoms with van der Waals surface area (Å²) in [5.41, 5.74) is 0. The average Bonchev–Trinajstić information content (AvgIpc) is 2.24. The minimum atomic E-state index is -4.23. The van der Waals surface area contributed by atoms with Crippen molar-refractivity contribution in [3.63, 3.8) is 0 Å². The van der Waals surface area contributed by atoms with E-state index in [0.717, 1.165) is 24.7 Å². The third-order valence-corrected chi connectivity index (χ3v) is 2.97. The van der Waals surface area contributed by atoms with Crippen LogP contribution in [0.1, 0.15) is 26.7 Å². The summed E-state index contributed by atoms with van der Waals surface area (Å²) >= 11 is 3.35. The van der Waals surface area contributed by atoms with Gasteiger partial charge in [0, 0.05) is 24.5 Å². The van der Waals surface area contributed by atoms with Gasteiger partial charge in [-0.2, -0.15) is 13.2 Å². The number of rotatable bonds is 9. The van der Waals surface area contributed by atoms with Crippen LogP contribution in [-0.2, 0) is 4.74 Å². The van der Waals surface area contributed by atoms with Gasteiger partial charge in [0.1, 0.15) is 6.61 Å². The Hall–Kier alpha value is 0.190. The zero-order valence-electron chi connectivity index (χ0n) is 10.4. The molecule has 0 aliphatic heterocycles. The van der Waals surface area contributed by atoms with Crippen LogP contribution in [0.5, 0.6) is 0 Å². The van der Waals surface area contributed by atoms with E-state index in [1.165, 1.54) is 0 Å². The van der Waals surface area contributed by atoms with Crippen LogP contribution in [0.2, 0.25) is 0 Å². The van der Waals surface area contributed by atoms with E-state index in [-0.39, 0.29) is 6.61 Å². The van der Waals surface area contributed by atoms with Crippen LogP contribution < -0.4 is 0 Å². The SMILES string of the molecule is CCC(CC)N(CCBr)CCOCC(F)(F)F. The van der Waals surface area contributed by atoms with E-state index in [4.69, 9.17) is 0 Å². The van der Waals surface area contributed by atoms with Gasteiger partial charge >= 0.3 is 6.18 Å². The first-order chi connectivity index (χ1) is 7.94. The monoisotopic (exact) mass is 319 g/mol. The van der Waals surface area contributed by atoms with Crippen LogP contribution in [0, 0.1) is 0 Å². The first-order valence-electron chi connectivity index (χ1n) is 5.89. The summed E-state index contributed by atoms with van der Waals surface area (Å²) in [5.74, 6) is 0. The quantitative estimate of drug-likeness (QED) is 0.477. The Morgan fingerprint density at radius 2 is 1.76 bits per heavy atom. The van der Waals surface area contributed by atoms with Crippen LogP contribution in [0.4, 0.5) is 13.2 Å². The molecule has 0 atom stereocenters. The predicted octanol–water partition coefficient (Wildman–Crippen LogP) is 3.45. The zero-order valence-corrected chi connectivity index (χ0v) is 12.0. The maximum Gasteiger partial charge on any atom is 0.411 e. The van der Waals surface area contributed by atoms with Gasteiger partial charge in [-0.25, -0.2) is 0 Å². The summed E-state index contributed by atoms with van der Waals surface area (Å²) < 4.78 is 40.3. The van der Waals surface area contributed by atoms with Gasteiger partial charge in [0.15, 0.2) is 0 Å². The fourth-order valence-corrected chi connectivity index (χ4v) is 2.22. The van der Waals surface area contributed by atoms with Crippen LogP contribution in [-0.4, -0.2) is 48.8 Å². The van der Waals surface area contributed by atoms with Gasteiger partial charge < -0.3 is 4.74 Å². The first-order valence-corrected chi connectivity index (χ1v) is 7.01. The molecular weight excluding hydrogens is 299 g/mol. The van der Waals surface area contributed by atoms with Crippen molar-refractivity contribution in [3.05, 3.63) is 0 Å². The highest BCUT2D eigenvalue weighted by Gasteiger charge is 2.27. The lowest BCUT2D eigenvalue weighted by Crippen LogP contribution is -2.38. The third kappa shape index (κ3) is 8.85. The van der Waals surface area contributed by atoms with E-state index in [1.54, 1.807) is 0 Å². The van der Waals surface area contributed by atoms with Gasteiger partial charge in [0.25, 0.3) is 0 Å². The molecule has 17 heavy (non-hydrogen) atoms. The summed E-state index contributed by atoms with van der Waals surface area (Å²) in [6.07, 6.45) is -2.22. The second-order valence-electron chi connectivity index (χ2n) is 3.86. The standard InChI is InChI=1S/C11H21BrF3NO/c1-3-10(4-2)16(6-5-12)7-8-17-9-11(13,14)15/h10H,3-9H2,1-2H3. The summed E-state index contributed by atoms with van der Waals surface area (Å²) in [7, 11) is 0. The fourth-order valence-electron chi connectivity index (χ4n) is 1.76. The molecule has 2 nitrogen and oxygen atoms in total. The second-order valence-corrected chi connectivity index (χ2v) is 4.66. The molecule has 0 heterocycles. The Balaban J connectivity index is 3.92. The molecule has 0 aliphatic rings. The van der Waals surface area contributed by atoms with Gasteiger partial charge in [0.05, 0.1) is 6.61 Å². The summed E-state index contributed by atoms with van der Waals surface area (Å²) in [6.45, 7) is 4.54. The van der Waals surface area contributed by atoms with Crippen LogP contribution in [0.25, 0.3) is 0 Å². The smallest absolute Gasteiger partial charge is 0.371 e. The Kier molecular flexibility index (Phi) is 9.27. The number of hydrogen-bond acceptors (Lipinski definition) is 2. The van der Waals surface area contributed by atoms with Crippen LogP contribution in [0.15, 0.2) is 0 Å². The lowest BCUT2D eigenvalue weighted by atomic mass is 10.1. The van der Waals surface area contributed by atoms with Crippen molar-refractivity contribution in [2.45, 2.75) is 38.9 Å². The average molecular weight is 320 g/mol. The van der Waals surface area contributed by atoms with Crippen LogP contribution >= 0.6 is 15.9 Å². The molecule has 0 bridgehead atoms. The molecule has 0 aromatic carbocycles. The number of hydrogen-bond donors (Lipinski definition) is 0. The van der Waals surface area contributed by atoms with Gasteiger partial charge in [-0.3, -0.25) is 4.90 Å². The largest absolute Gasteiger partial charge is 0.411 e. The van der Waals surface area contributed by atoms with Crippen molar-refractivity contribution in [1.29, 1.82) is 0 Å². The highest BCUT2D eigenvalue weighted by Crippen LogP contribution is 2.14. The molecule has 0 amide bonds. The number of alkyl halides is 4. The Morgan fingerprint density at radius 1 is 1.18 bits per heavy atom. The van der Waals surface area contributed by atoms with Gasteiger partial charge in [-0.1, -0.05) is 29.8 Å². The summed E-state index contributed by atoms with van der Waals surface area (Å²) in [6, 6.07) is 0.419. The van der Waals surface area contributed by atoms with Crippen molar-refractivity contribution >= 4 is 15.9 Å². The molecule has 0 fully saturated rings. The topological polar surface area (TPSA) is 12.5 Å². The molecule has 104 valence electrons. The maximum atomic E-state index is 11.9. The molecular formula is C11H21BrF3NO. The lowest BCUT2D eigenvalue weighted by Gasteiger charge is -2.29. The normalized spacial score (nSPS) is 12.7. The van der Waals surface area contributed by atoms with Gasteiger partial charge in [0.2, 0.25) is 0 Å². The van der Waals surface area contributed by atoms with Crippen molar-refractivity contribution < 1.29 is 17.9 Å². The summed E-state index contributed by atoms with van der Waals surface area (Å²) in [4.78, 5) is 2.17. The maximum absolute atomic E-state index is 11.9. The van der Waals surface area contributed by atoms with E-state index in [1.807, 2.05) is 0 Å². The third-order valence-electron chi connectivity index (χ3n) is 2.62. The first kappa shape index (κ1) is 17.2. The van der Waals surface area contributed by atoms with E-state index >= 15 is 0 Å². The Labute approximate surface area is 110 Å². The lowest BCUT2D eigenvalue weighted by molar-refractivity contribution is -0.174. The molecule has 0 rings (SSSR count). The van der Waals surface area contributed by atoms with E-state index in [2.05, 4.69) is 39.4 Å². The Bertz CT molecular complexity index is 186. The molecule has 0 aromatic heterocycles. The molecule has 0 radical (unpaired) electrons. The van der Waals surface area contributed by atoms with E-state index in [0.29, 0.717) is 12.6 Å². The second kappa shape index (κ2) is 9.16. The zero-order chi connectivity index (χ0) is 13.3. The molecule has 0 saturated carbocycles. The summed E-state index contributed by atoms with van der Waals surface area (Å²) in [5, 5.41) is 0.822. The van der Waals surface area contributed by atoms with E-state index in [9.17, 15) is 13.2 Å². The molecule has 0 unspecified atom stereocenters. The van der Waals surface area contributed by atoms with Crippen molar-refractivity contribution in [1.82, 2.24) is 4.90 Å². The van der Waals surface area contributed by atoms with Crippen LogP contribution in [0.3, 0.4) is 0 Å². The highest BCUT2D eigenvalue weighted by molar-refractivity contribution is 9.09. The molecule has 0 saturated heterocycles. The van der Waals surface area contributed by atoms with Gasteiger partial charge in [-0.15, -0.1) is 0 Å². The molecule has 0 aromatic rings. The molecule has 0 N–H and O–H groups in total. The number of halogens is 4. The Morgan fingerprint density at radius 3 is 2.18 bits per heavy atom. The molecule has 6 heteroatoms. The van der Waals surface area contributed by atoms with Crippen molar-refractivity contribution in [2.24, 2.45) is 0 Å². The molecule has 0 spiro atoms.